The Balaban J connectivity index is 1.38. The first-order valence-corrected chi connectivity index (χ1v) is 15.2. The van der Waals surface area contributed by atoms with Crippen molar-refractivity contribution >= 4 is 39.9 Å². The van der Waals surface area contributed by atoms with E-state index in [1.54, 1.807) is 0 Å². The summed E-state index contributed by atoms with van der Waals surface area (Å²) in [6.07, 6.45) is 2.66. The molecule has 3 aliphatic heterocycles. The number of nitrogens with zero attached hydrogens (tertiary/aromatic N) is 6. The smallest absolute Gasteiger partial charge is 0.321 e. The molecule has 9 nitrogen and oxygen atoms in total. The number of carbonyl (C=O) groups is 1. The Kier molecular flexibility index (Phi) is 8.43. The second kappa shape index (κ2) is 12.4. The third-order valence-electron chi connectivity index (χ3n) is 8.71. The largest absolute Gasteiger partial charge is 0.462 e. The van der Waals surface area contributed by atoms with E-state index in [1.807, 2.05) is 48.2 Å². The molecule has 1 amide bonds. The van der Waals surface area contributed by atoms with E-state index in [1.165, 1.54) is 4.90 Å². The van der Waals surface area contributed by atoms with Gasteiger partial charge in [-0.05, 0) is 50.4 Å². The van der Waals surface area contributed by atoms with Crippen molar-refractivity contribution in [3.8, 4) is 11.9 Å². The standard InChI is InChI=1S/C33H34ClFN6O3/c1-20-16-26-30(40-14-15-41(32(42)21(2)35)24(18-40)17-36-3)37-33(43-19-23-10-7-13-39(23)4)38-31(26)44-29(20)25-11-5-8-22-9-6-12-27(34)28(22)25/h5-6,8-9,11-12,23-24H,2,7,10,13-19H2,1,4H3/t23-,24-/m0/s1. The fourth-order valence-electron chi connectivity index (χ4n) is 6.39. The number of piperazine rings is 1. The number of hydrogen-bond acceptors (Lipinski definition) is 7. The fourth-order valence-corrected chi connectivity index (χ4v) is 6.67. The summed E-state index contributed by atoms with van der Waals surface area (Å²) in [4.78, 5) is 31.4. The zero-order chi connectivity index (χ0) is 31.0. The number of benzene rings is 2. The number of likely N-dealkylation sites (tertiary alicyclic amines) is 1. The molecular weight excluding hydrogens is 583 g/mol. The Bertz CT molecular complexity index is 1700. The lowest BCUT2D eigenvalue weighted by molar-refractivity contribution is -0.131. The van der Waals surface area contributed by atoms with E-state index in [2.05, 4.69) is 23.4 Å². The van der Waals surface area contributed by atoms with Gasteiger partial charge in [0, 0.05) is 48.1 Å². The van der Waals surface area contributed by atoms with Gasteiger partial charge >= 0.3 is 6.01 Å². The SMILES string of the molecule is [C-]#[N+]C[C@H]1CN(c2nc(OC[C@@H]3CCCN3C)nc3c2CC(C)=C(c2cccc4cccc(Cl)c24)O3)CCN1C(=O)C(=C)F. The van der Waals surface area contributed by atoms with Crippen LogP contribution in [0.2, 0.25) is 5.02 Å². The summed E-state index contributed by atoms with van der Waals surface area (Å²) in [5.74, 6) is -0.110. The molecule has 3 aliphatic rings. The third kappa shape index (κ3) is 5.70. The van der Waals surface area contributed by atoms with Crippen molar-refractivity contribution in [3.05, 3.63) is 81.9 Å². The summed E-state index contributed by atoms with van der Waals surface area (Å²) in [6, 6.07) is 11.7. The molecule has 3 aromatic rings. The summed E-state index contributed by atoms with van der Waals surface area (Å²) in [5.41, 5.74) is 2.65. The molecule has 228 valence electrons. The summed E-state index contributed by atoms with van der Waals surface area (Å²) >= 11 is 6.68. The number of rotatable bonds is 7. The second-order valence-electron chi connectivity index (χ2n) is 11.6. The second-order valence-corrected chi connectivity index (χ2v) is 12.0. The first kappa shape index (κ1) is 29.9. The van der Waals surface area contributed by atoms with Crippen molar-refractivity contribution in [1.29, 1.82) is 0 Å². The number of amides is 1. The van der Waals surface area contributed by atoms with Gasteiger partial charge in [-0.25, -0.2) is 11.0 Å². The maximum atomic E-state index is 13.8. The maximum Gasteiger partial charge on any atom is 0.321 e. The minimum absolute atomic E-state index is 0.0294. The number of hydrogen-bond donors (Lipinski definition) is 0. The molecule has 0 radical (unpaired) electrons. The monoisotopic (exact) mass is 616 g/mol. The average molecular weight is 617 g/mol. The van der Waals surface area contributed by atoms with Gasteiger partial charge in [0.25, 0.3) is 5.91 Å². The van der Waals surface area contributed by atoms with Crippen LogP contribution in [0.3, 0.4) is 0 Å². The number of likely N-dealkylation sites (N-methyl/N-ethyl adjacent to an activating group) is 1. The molecule has 1 aromatic heterocycles. The molecule has 0 aliphatic carbocycles. The van der Waals surface area contributed by atoms with Crippen molar-refractivity contribution in [2.75, 3.05) is 51.3 Å². The van der Waals surface area contributed by atoms with Crippen molar-refractivity contribution in [2.24, 2.45) is 0 Å². The lowest BCUT2D eigenvalue weighted by atomic mass is 9.96. The summed E-state index contributed by atoms with van der Waals surface area (Å²) < 4.78 is 26.6. The molecule has 2 atom stereocenters. The molecule has 0 unspecified atom stereocenters. The van der Waals surface area contributed by atoms with Crippen molar-refractivity contribution in [3.63, 3.8) is 0 Å². The molecule has 2 saturated heterocycles. The van der Waals surface area contributed by atoms with E-state index in [0.717, 1.165) is 46.9 Å². The Hall–Kier alpha value is -4.20. The lowest BCUT2D eigenvalue weighted by Crippen LogP contribution is -2.56. The number of anilines is 1. The highest BCUT2D eigenvalue weighted by Gasteiger charge is 2.37. The van der Waals surface area contributed by atoms with Crippen LogP contribution in [0.1, 0.15) is 30.9 Å². The van der Waals surface area contributed by atoms with Crippen LogP contribution in [0.4, 0.5) is 10.2 Å². The van der Waals surface area contributed by atoms with E-state index >= 15 is 0 Å². The van der Waals surface area contributed by atoms with Gasteiger partial charge in [-0.1, -0.05) is 48.5 Å². The van der Waals surface area contributed by atoms with Crippen molar-refractivity contribution in [2.45, 2.75) is 38.3 Å². The van der Waals surface area contributed by atoms with E-state index in [0.29, 0.717) is 48.6 Å². The summed E-state index contributed by atoms with van der Waals surface area (Å²) in [5, 5.41) is 2.55. The van der Waals surface area contributed by atoms with Crippen LogP contribution in [0.15, 0.2) is 54.4 Å². The number of ether oxygens (including phenoxy) is 2. The Morgan fingerprint density at radius 2 is 2.00 bits per heavy atom. The zero-order valence-corrected chi connectivity index (χ0v) is 25.6. The molecule has 0 spiro atoms. The molecule has 4 heterocycles. The molecule has 2 fully saturated rings. The number of fused-ring (bicyclic) bond motifs is 2. The van der Waals surface area contributed by atoms with E-state index < -0.39 is 17.8 Å². The van der Waals surface area contributed by atoms with Gasteiger partial charge in [-0.2, -0.15) is 9.97 Å². The first-order valence-electron chi connectivity index (χ1n) is 14.8. The summed E-state index contributed by atoms with van der Waals surface area (Å²) in [7, 11) is 2.09. The normalized spacial score (nSPS) is 20.3. The predicted molar refractivity (Wildman–Crippen MR) is 168 cm³/mol. The summed E-state index contributed by atoms with van der Waals surface area (Å²) in [6.45, 7) is 15.0. The van der Waals surface area contributed by atoms with E-state index in [-0.39, 0.29) is 25.1 Å². The topological polar surface area (TPSA) is 75.4 Å². The molecule has 0 bridgehead atoms. The molecule has 0 saturated carbocycles. The highest BCUT2D eigenvalue weighted by Crippen LogP contribution is 2.42. The minimum Gasteiger partial charge on any atom is -0.462 e. The van der Waals surface area contributed by atoms with Crippen LogP contribution in [0, 0.1) is 6.57 Å². The fraction of sp³-hybridized carbons (Fsp3) is 0.394. The highest BCUT2D eigenvalue weighted by atomic mass is 35.5. The van der Waals surface area contributed by atoms with Gasteiger partial charge in [0.15, 0.2) is 5.83 Å². The average Bonchev–Trinajstić information content (AvgIpc) is 3.43. The van der Waals surface area contributed by atoms with Gasteiger partial charge in [0.05, 0.1) is 5.56 Å². The first-order chi connectivity index (χ1) is 21.2. The number of allylic oxidation sites excluding steroid dienone is 1. The van der Waals surface area contributed by atoms with Gasteiger partial charge in [-0.3, -0.25) is 4.79 Å². The van der Waals surface area contributed by atoms with Gasteiger partial charge in [0.2, 0.25) is 12.4 Å². The number of halogens is 2. The van der Waals surface area contributed by atoms with Crippen LogP contribution in [0.25, 0.3) is 21.4 Å². The lowest BCUT2D eigenvalue weighted by Gasteiger charge is -2.40. The number of aromatic nitrogens is 2. The molecule has 6 rings (SSSR count). The molecule has 11 heteroatoms. The quantitative estimate of drug-likeness (QED) is 0.255. The van der Waals surface area contributed by atoms with Crippen molar-refractivity contribution < 1.29 is 18.7 Å². The highest BCUT2D eigenvalue weighted by molar-refractivity contribution is 6.36. The Morgan fingerprint density at radius 3 is 2.73 bits per heavy atom. The maximum absolute atomic E-state index is 13.8. The van der Waals surface area contributed by atoms with Gasteiger partial charge in [-0.15, -0.1) is 0 Å². The van der Waals surface area contributed by atoms with E-state index in [9.17, 15) is 9.18 Å². The van der Waals surface area contributed by atoms with Gasteiger partial charge < -0.3 is 29.0 Å². The van der Waals surface area contributed by atoms with Crippen molar-refractivity contribution in [1.82, 2.24) is 19.8 Å². The van der Waals surface area contributed by atoms with Crippen LogP contribution in [-0.4, -0.2) is 84.1 Å². The Morgan fingerprint density at radius 1 is 1.20 bits per heavy atom. The zero-order valence-electron chi connectivity index (χ0n) is 24.9. The molecular formula is C33H34ClFN6O3. The molecule has 44 heavy (non-hydrogen) atoms. The number of carbonyl (C=O) groups excluding carboxylic acids is 1. The van der Waals surface area contributed by atoms with Crippen LogP contribution in [0.5, 0.6) is 11.9 Å². The van der Waals surface area contributed by atoms with E-state index in [4.69, 9.17) is 37.6 Å². The van der Waals surface area contributed by atoms with Crippen LogP contribution >= 0.6 is 11.6 Å². The molecule has 2 aromatic carbocycles. The van der Waals surface area contributed by atoms with Crippen LogP contribution in [-0.2, 0) is 11.2 Å². The Labute approximate surface area is 261 Å². The molecule has 0 N–H and O–H groups in total. The third-order valence-corrected chi connectivity index (χ3v) is 9.02. The van der Waals surface area contributed by atoms with Crippen LogP contribution < -0.4 is 14.4 Å². The minimum atomic E-state index is -1.03. The van der Waals surface area contributed by atoms with Gasteiger partial charge in [0.1, 0.15) is 24.2 Å². The predicted octanol–water partition coefficient (Wildman–Crippen LogP) is 5.54.